The molecule has 7 nitrogen and oxygen atoms in total. The van der Waals surface area contributed by atoms with Crippen molar-refractivity contribution >= 4 is 28.2 Å². The highest BCUT2D eigenvalue weighted by Crippen LogP contribution is 2.43. The number of amides is 1. The van der Waals surface area contributed by atoms with Crippen molar-refractivity contribution in [2.24, 2.45) is 11.8 Å². The van der Waals surface area contributed by atoms with E-state index in [0.29, 0.717) is 6.54 Å². The minimum absolute atomic E-state index is 0.0140. The summed E-state index contributed by atoms with van der Waals surface area (Å²) in [6, 6.07) is 0.420. The van der Waals surface area contributed by atoms with Crippen LogP contribution in [0.3, 0.4) is 0 Å². The van der Waals surface area contributed by atoms with Crippen LogP contribution in [-0.2, 0) is 4.79 Å². The Labute approximate surface area is 124 Å². The Hall–Kier alpha value is -1.96. The van der Waals surface area contributed by atoms with Gasteiger partial charge in [0.2, 0.25) is 0 Å². The number of carboxylic acids is 1. The van der Waals surface area contributed by atoms with Crippen LogP contribution >= 0.6 is 11.3 Å². The second-order valence-corrected chi connectivity index (χ2v) is 6.42. The SMILES string of the molecule is O=C(O)C1C2CCCC2CN1C(=O)c1csc([N+](=O)[O-])c1. The van der Waals surface area contributed by atoms with Crippen LogP contribution in [0.5, 0.6) is 0 Å². The fraction of sp³-hybridized carbons (Fsp3) is 0.538. The van der Waals surface area contributed by atoms with E-state index in [1.807, 2.05) is 0 Å². The fourth-order valence-corrected chi connectivity index (χ4v) is 4.23. The monoisotopic (exact) mass is 310 g/mol. The normalized spacial score (nSPS) is 27.6. The van der Waals surface area contributed by atoms with E-state index in [0.717, 1.165) is 30.6 Å². The molecule has 8 heteroatoms. The van der Waals surface area contributed by atoms with E-state index in [2.05, 4.69) is 0 Å². The minimum atomic E-state index is -0.984. The van der Waals surface area contributed by atoms with Gasteiger partial charge in [-0.25, -0.2) is 4.79 Å². The van der Waals surface area contributed by atoms with Crippen molar-refractivity contribution in [2.75, 3.05) is 6.54 Å². The highest BCUT2D eigenvalue weighted by molar-refractivity contribution is 7.13. The fourth-order valence-electron chi connectivity index (χ4n) is 3.53. The highest BCUT2D eigenvalue weighted by atomic mass is 32.1. The quantitative estimate of drug-likeness (QED) is 0.679. The standard InChI is InChI=1S/C13H14N2O5S/c16-12(8-4-10(15(19)20)21-6-8)14-5-7-2-1-3-9(7)11(14)13(17)18/h4,6-7,9,11H,1-3,5H2,(H,17,18). The van der Waals surface area contributed by atoms with Crippen molar-refractivity contribution in [1.29, 1.82) is 0 Å². The van der Waals surface area contributed by atoms with E-state index < -0.39 is 22.8 Å². The number of carbonyl (C=O) groups is 2. The molecular formula is C13H14N2O5S. The van der Waals surface area contributed by atoms with Gasteiger partial charge in [0.05, 0.1) is 10.5 Å². The third-order valence-electron chi connectivity index (χ3n) is 4.42. The Morgan fingerprint density at radius 2 is 2.19 bits per heavy atom. The predicted octanol–water partition coefficient (Wildman–Crippen LogP) is 1.98. The van der Waals surface area contributed by atoms with Gasteiger partial charge in [-0.2, -0.15) is 0 Å². The van der Waals surface area contributed by atoms with E-state index in [1.54, 1.807) is 0 Å². The number of hydrogen-bond donors (Lipinski definition) is 1. The topological polar surface area (TPSA) is 101 Å². The van der Waals surface area contributed by atoms with Gasteiger partial charge >= 0.3 is 11.0 Å². The Morgan fingerprint density at radius 1 is 1.43 bits per heavy atom. The molecule has 1 amide bonds. The summed E-state index contributed by atoms with van der Waals surface area (Å²) in [5.41, 5.74) is 0.206. The van der Waals surface area contributed by atoms with Gasteiger partial charge in [-0.15, -0.1) is 0 Å². The summed E-state index contributed by atoms with van der Waals surface area (Å²) in [6.07, 6.45) is 2.78. The summed E-state index contributed by atoms with van der Waals surface area (Å²) in [6.45, 7) is 0.435. The van der Waals surface area contributed by atoms with Gasteiger partial charge in [-0.05, 0) is 24.7 Å². The Balaban J connectivity index is 1.86. The highest BCUT2D eigenvalue weighted by Gasteiger charge is 2.49. The zero-order valence-electron chi connectivity index (χ0n) is 11.1. The minimum Gasteiger partial charge on any atom is -0.480 e. The average Bonchev–Trinajstić information content (AvgIpc) is 3.11. The second-order valence-electron chi connectivity index (χ2n) is 5.53. The lowest BCUT2D eigenvalue weighted by molar-refractivity contribution is -0.380. The molecule has 1 aliphatic carbocycles. The van der Waals surface area contributed by atoms with Crippen LogP contribution in [0.2, 0.25) is 0 Å². The van der Waals surface area contributed by atoms with Crippen LogP contribution in [0.25, 0.3) is 0 Å². The van der Waals surface area contributed by atoms with Crippen molar-refractivity contribution in [3.8, 4) is 0 Å². The maximum absolute atomic E-state index is 12.5. The van der Waals surface area contributed by atoms with E-state index in [9.17, 15) is 24.8 Å². The van der Waals surface area contributed by atoms with Crippen LogP contribution in [0.4, 0.5) is 5.00 Å². The Kier molecular flexibility index (Phi) is 3.40. The van der Waals surface area contributed by atoms with Gasteiger partial charge in [0, 0.05) is 18.0 Å². The van der Waals surface area contributed by atoms with Gasteiger partial charge < -0.3 is 10.0 Å². The molecule has 0 bridgehead atoms. The first-order chi connectivity index (χ1) is 9.99. The number of carbonyl (C=O) groups excluding carboxylic acids is 1. The molecule has 21 heavy (non-hydrogen) atoms. The van der Waals surface area contributed by atoms with Crippen LogP contribution < -0.4 is 0 Å². The number of hydrogen-bond acceptors (Lipinski definition) is 5. The van der Waals surface area contributed by atoms with Crippen molar-refractivity contribution in [3.05, 3.63) is 27.1 Å². The number of thiophene rings is 1. The van der Waals surface area contributed by atoms with E-state index in [-0.39, 0.29) is 22.4 Å². The van der Waals surface area contributed by atoms with Gasteiger partial charge in [-0.3, -0.25) is 14.9 Å². The van der Waals surface area contributed by atoms with Crippen LogP contribution in [0.15, 0.2) is 11.4 Å². The van der Waals surface area contributed by atoms with Gasteiger partial charge in [0.25, 0.3) is 5.91 Å². The molecule has 0 aromatic carbocycles. The largest absolute Gasteiger partial charge is 0.480 e. The molecule has 2 fully saturated rings. The molecule has 112 valence electrons. The summed E-state index contributed by atoms with van der Waals surface area (Å²) >= 11 is 0.882. The lowest BCUT2D eigenvalue weighted by atomic mass is 9.94. The maximum atomic E-state index is 12.5. The zero-order chi connectivity index (χ0) is 15.1. The smallest absolute Gasteiger partial charge is 0.326 e. The number of rotatable bonds is 3. The number of nitro groups is 1. The third kappa shape index (κ3) is 2.29. The first-order valence-corrected chi connectivity index (χ1v) is 7.63. The van der Waals surface area contributed by atoms with Crippen molar-refractivity contribution < 1.29 is 19.6 Å². The summed E-state index contributed by atoms with van der Waals surface area (Å²) in [5, 5.41) is 21.4. The molecule has 1 N–H and O–H groups in total. The second kappa shape index (κ2) is 5.10. The first-order valence-electron chi connectivity index (χ1n) is 6.75. The molecule has 3 unspecified atom stereocenters. The van der Waals surface area contributed by atoms with Crippen LogP contribution in [-0.4, -0.2) is 39.4 Å². The molecule has 3 atom stereocenters. The molecule has 2 heterocycles. The molecule has 0 radical (unpaired) electrons. The summed E-state index contributed by atoms with van der Waals surface area (Å²) in [7, 11) is 0. The molecule has 1 saturated heterocycles. The van der Waals surface area contributed by atoms with E-state index >= 15 is 0 Å². The maximum Gasteiger partial charge on any atom is 0.326 e. The van der Waals surface area contributed by atoms with E-state index in [4.69, 9.17) is 0 Å². The number of fused-ring (bicyclic) bond motifs is 1. The number of likely N-dealkylation sites (tertiary alicyclic amines) is 1. The molecule has 1 aliphatic heterocycles. The van der Waals surface area contributed by atoms with E-state index in [1.165, 1.54) is 16.3 Å². The molecule has 3 rings (SSSR count). The Bertz CT molecular complexity index is 613. The van der Waals surface area contributed by atoms with Crippen molar-refractivity contribution in [3.63, 3.8) is 0 Å². The molecule has 1 aromatic heterocycles. The first kappa shape index (κ1) is 14.0. The van der Waals surface area contributed by atoms with Crippen LogP contribution in [0, 0.1) is 22.0 Å². The summed E-state index contributed by atoms with van der Waals surface area (Å²) in [5.74, 6) is -1.15. The zero-order valence-corrected chi connectivity index (χ0v) is 11.9. The molecule has 1 aromatic rings. The lowest BCUT2D eigenvalue weighted by Crippen LogP contribution is -2.43. The number of aliphatic carboxylic acids is 1. The van der Waals surface area contributed by atoms with Gasteiger partial charge in [-0.1, -0.05) is 17.8 Å². The summed E-state index contributed by atoms with van der Waals surface area (Å²) < 4.78 is 0. The average molecular weight is 310 g/mol. The van der Waals surface area contributed by atoms with Gasteiger partial charge in [0.1, 0.15) is 6.04 Å². The molecule has 1 saturated carbocycles. The van der Waals surface area contributed by atoms with Gasteiger partial charge in [0.15, 0.2) is 0 Å². The predicted molar refractivity (Wildman–Crippen MR) is 74.3 cm³/mol. The van der Waals surface area contributed by atoms with Crippen LogP contribution in [0.1, 0.15) is 29.6 Å². The van der Waals surface area contributed by atoms with Crippen molar-refractivity contribution in [1.82, 2.24) is 4.90 Å². The number of nitrogens with zero attached hydrogens (tertiary/aromatic N) is 2. The molecule has 2 aliphatic rings. The van der Waals surface area contributed by atoms with Crippen molar-refractivity contribution in [2.45, 2.75) is 25.3 Å². The lowest BCUT2D eigenvalue weighted by Gasteiger charge is -2.23. The molecular weight excluding hydrogens is 296 g/mol. The molecule has 0 spiro atoms. The number of carboxylic acid groups (broad SMARTS) is 1. The Morgan fingerprint density at radius 3 is 2.81 bits per heavy atom. The summed E-state index contributed by atoms with van der Waals surface area (Å²) in [4.78, 5) is 35.5. The third-order valence-corrected chi connectivity index (χ3v) is 5.30.